The third-order valence-electron chi connectivity index (χ3n) is 3.99. The Labute approximate surface area is 149 Å². The highest BCUT2D eigenvalue weighted by atomic mass is 19.2. The second-order valence-electron chi connectivity index (χ2n) is 6.54. The van der Waals surface area contributed by atoms with E-state index in [1.165, 1.54) is 0 Å². The molecule has 138 valence electrons. The van der Waals surface area contributed by atoms with Gasteiger partial charge in [0.1, 0.15) is 5.75 Å². The lowest BCUT2D eigenvalue weighted by Gasteiger charge is -2.11. The van der Waals surface area contributed by atoms with Crippen LogP contribution in [0.3, 0.4) is 0 Å². The molecule has 0 bridgehead atoms. The molecule has 3 N–H and O–H groups in total. The Hall–Kier alpha value is -2.70. The number of nitrogens with two attached hydrogens (primary N) is 1. The summed E-state index contributed by atoms with van der Waals surface area (Å²) in [5.74, 6) is -3.04. The molecule has 0 aliphatic heterocycles. The van der Waals surface area contributed by atoms with Gasteiger partial charge in [-0.2, -0.15) is 0 Å². The van der Waals surface area contributed by atoms with Crippen LogP contribution in [0.15, 0.2) is 41.4 Å². The first kappa shape index (κ1) is 18.1. The van der Waals surface area contributed by atoms with Crippen molar-refractivity contribution in [3.63, 3.8) is 0 Å². The Morgan fingerprint density at radius 2 is 1.77 bits per heavy atom. The molecule has 0 aromatic heterocycles. The van der Waals surface area contributed by atoms with Crippen molar-refractivity contribution < 1.29 is 17.9 Å². The number of nitrogens with one attached hydrogen (secondary N) is 1. The lowest BCUT2D eigenvalue weighted by molar-refractivity contribution is 0.242. The second kappa shape index (κ2) is 7.27. The minimum atomic E-state index is -1.46. The van der Waals surface area contributed by atoms with Crippen LogP contribution in [-0.2, 0) is 0 Å². The molecule has 2 atom stereocenters. The molecular formula is C19H20F3N3O. The summed E-state index contributed by atoms with van der Waals surface area (Å²) in [5, 5.41) is 2.96. The molecule has 1 aliphatic carbocycles. The molecule has 7 heteroatoms. The molecule has 26 heavy (non-hydrogen) atoms. The minimum absolute atomic E-state index is 0.0911. The van der Waals surface area contributed by atoms with Crippen molar-refractivity contribution in [2.45, 2.75) is 38.3 Å². The predicted octanol–water partition coefficient (Wildman–Crippen LogP) is 4.17. The van der Waals surface area contributed by atoms with E-state index in [0.29, 0.717) is 12.0 Å². The molecule has 1 aliphatic rings. The highest BCUT2D eigenvalue weighted by Crippen LogP contribution is 2.44. The van der Waals surface area contributed by atoms with Gasteiger partial charge in [-0.25, -0.2) is 18.2 Å². The summed E-state index contributed by atoms with van der Waals surface area (Å²) in [7, 11) is 0. The predicted molar refractivity (Wildman–Crippen MR) is 94.9 cm³/mol. The standard InChI is InChI=1S/C19H20F3N3O/c1-10(2)26-13-5-3-12(4-6-13)24-19(23)25-17-9-14(17)11-7-15(20)18(22)16(21)8-11/h3-8,10,14,17H,9H2,1-2H3,(H3,23,24,25)/t14-,17+/m0/s1. The van der Waals surface area contributed by atoms with Crippen molar-refractivity contribution >= 4 is 11.6 Å². The number of aliphatic imine (C=N–C) groups is 1. The Kier molecular flexibility index (Phi) is 5.06. The molecule has 0 unspecified atom stereocenters. The SMILES string of the molecule is CC(C)Oc1ccc(NC(N)=N[C@@H]2C[C@H]2c2cc(F)c(F)c(F)c2)cc1. The van der Waals surface area contributed by atoms with Crippen LogP contribution < -0.4 is 15.8 Å². The van der Waals surface area contributed by atoms with Gasteiger partial charge in [-0.3, -0.25) is 0 Å². The number of hydrogen-bond donors (Lipinski definition) is 2. The van der Waals surface area contributed by atoms with Gasteiger partial charge in [-0.1, -0.05) is 0 Å². The molecule has 3 rings (SSSR count). The molecule has 4 nitrogen and oxygen atoms in total. The van der Waals surface area contributed by atoms with Crippen molar-refractivity contribution in [2.75, 3.05) is 5.32 Å². The summed E-state index contributed by atoms with van der Waals surface area (Å²) in [5.41, 5.74) is 7.02. The maximum absolute atomic E-state index is 13.3. The van der Waals surface area contributed by atoms with E-state index in [-0.39, 0.29) is 24.0 Å². The summed E-state index contributed by atoms with van der Waals surface area (Å²) in [4.78, 5) is 4.31. The van der Waals surface area contributed by atoms with Crippen LogP contribution >= 0.6 is 0 Å². The van der Waals surface area contributed by atoms with Crippen LogP contribution in [0.2, 0.25) is 0 Å². The van der Waals surface area contributed by atoms with E-state index in [0.717, 1.165) is 23.6 Å². The number of guanidine groups is 1. The molecule has 0 amide bonds. The van der Waals surface area contributed by atoms with Crippen molar-refractivity contribution in [3.8, 4) is 5.75 Å². The molecule has 1 fully saturated rings. The smallest absolute Gasteiger partial charge is 0.194 e. The molecular weight excluding hydrogens is 343 g/mol. The van der Waals surface area contributed by atoms with Gasteiger partial charge in [-0.15, -0.1) is 0 Å². The Morgan fingerprint density at radius 3 is 2.35 bits per heavy atom. The Balaban J connectivity index is 1.61. The molecule has 0 saturated heterocycles. The number of ether oxygens (including phenoxy) is 1. The average Bonchev–Trinajstić information content (AvgIpc) is 3.32. The van der Waals surface area contributed by atoms with E-state index >= 15 is 0 Å². The van der Waals surface area contributed by atoms with Crippen molar-refractivity contribution in [1.29, 1.82) is 0 Å². The van der Waals surface area contributed by atoms with Gasteiger partial charge in [0.25, 0.3) is 0 Å². The van der Waals surface area contributed by atoms with Gasteiger partial charge in [0.2, 0.25) is 0 Å². The lowest BCUT2D eigenvalue weighted by Crippen LogP contribution is -2.23. The number of hydrogen-bond acceptors (Lipinski definition) is 2. The maximum Gasteiger partial charge on any atom is 0.194 e. The van der Waals surface area contributed by atoms with Crippen LogP contribution in [-0.4, -0.2) is 18.1 Å². The minimum Gasteiger partial charge on any atom is -0.491 e. The van der Waals surface area contributed by atoms with Crippen molar-refractivity contribution in [2.24, 2.45) is 10.7 Å². The van der Waals surface area contributed by atoms with E-state index < -0.39 is 17.5 Å². The summed E-state index contributed by atoms with van der Waals surface area (Å²) in [6, 6.07) is 9.10. The first-order valence-electron chi connectivity index (χ1n) is 8.35. The highest BCUT2D eigenvalue weighted by Gasteiger charge is 2.39. The zero-order chi connectivity index (χ0) is 18.8. The van der Waals surface area contributed by atoms with E-state index in [4.69, 9.17) is 10.5 Å². The first-order chi connectivity index (χ1) is 12.3. The van der Waals surface area contributed by atoms with Gasteiger partial charge in [-0.05, 0) is 62.2 Å². The normalized spacial score (nSPS) is 19.5. The maximum atomic E-state index is 13.3. The zero-order valence-electron chi connectivity index (χ0n) is 14.5. The van der Waals surface area contributed by atoms with Crippen molar-refractivity contribution in [1.82, 2.24) is 0 Å². The number of rotatable bonds is 5. The summed E-state index contributed by atoms with van der Waals surface area (Å²) in [6.45, 7) is 3.89. The highest BCUT2D eigenvalue weighted by molar-refractivity contribution is 5.92. The average molecular weight is 363 g/mol. The second-order valence-corrected chi connectivity index (χ2v) is 6.54. The first-order valence-corrected chi connectivity index (χ1v) is 8.35. The van der Waals surface area contributed by atoms with Gasteiger partial charge in [0, 0.05) is 11.6 Å². The third kappa shape index (κ3) is 4.28. The number of anilines is 1. The molecule has 1 saturated carbocycles. The van der Waals surface area contributed by atoms with E-state index in [1.54, 1.807) is 0 Å². The van der Waals surface area contributed by atoms with Gasteiger partial charge >= 0.3 is 0 Å². The number of halogens is 3. The van der Waals surface area contributed by atoms with Gasteiger partial charge < -0.3 is 15.8 Å². The van der Waals surface area contributed by atoms with Crippen LogP contribution in [0, 0.1) is 17.5 Å². The largest absolute Gasteiger partial charge is 0.491 e. The van der Waals surface area contributed by atoms with E-state index in [9.17, 15) is 13.2 Å². The fraction of sp³-hybridized carbons (Fsp3) is 0.316. The quantitative estimate of drug-likeness (QED) is 0.476. The molecule has 0 spiro atoms. The van der Waals surface area contributed by atoms with Crippen LogP contribution in [0.1, 0.15) is 31.7 Å². The molecule has 0 heterocycles. The fourth-order valence-corrected chi connectivity index (χ4v) is 2.72. The molecule has 2 aromatic rings. The van der Waals surface area contributed by atoms with E-state index in [2.05, 4.69) is 10.3 Å². The van der Waals surface area contributed by atoms with Crippen LogP contribution in [0.4, 0.5) is 18.9 Å². The van der Waals surface area contributed by atoms with Gasteiger partial charge in [0.05, 0.1) is 12.1 Å². The number of benzene rings is 2. The molecule has 2 aromatic carbocycles. The summed E-state index contributed by atoms with van der Waals surface area (Å²) in [6.07, 6.45) is 0.696. The van der Waals surface area contributed by atoms with Crippen molar-refractivity contribution in [3.05, 3.63) is 59.4 Å². The van der Waals surface area contributed by atoms with Gasteiger partial charge in [0.15, 0.2) is 23.4 Å². The molecule has 0 radical (unpaired) electrons. The Morgan fingerprint density at radius 1 is 1.15 bits per heavy atom. The Bertz CT molecular complexity index is 798. The summed E-state index contributed by atoms with van der Waals surface area (Å²) >= 11 is 0. The monoisotopic (exact) mass is 363 g/mol. The van der Waals surface area contributed by atoms with Crippen LogP contribution in [0.5, 0.6) is 5.75 Å². The topological polar surface area (TPSA) is 59.6 Å². The fourth-order valence-electron chi connectivity index (χ4n) is 2.72. The van der Waals surface area contributed by atoms with E-state index in [1.807, 2.05) is 38.1 Å². The lowest BCUT2D eigenvalue weighted by atomic mass is 10.1. The summed E-state index contributed by atoms with van der Waals surface area (Å²) < 4.78 is 45.2. The number of nitrogens with zero attached hydrogens (tertiary/aromatic N) is 1. The third-order valence-corrected chi connectivity index (χ3v) is 3.99. The van der Waals surface area contributed by atoms with Crippen LogP contribution in [0.25, 0.3) is 0 Å². The zero-order valence-corrected chi connectivity index (χ0v) is 14.5.